The van der Waals surface area contributed by atoms with E-state index in [0.29, 0.717) is 0 Å². The Kier molecular flexibility index (Phi) is 3.06. The van der Waals surface area contributed by atoms with E-state index in [9.17, 15) is 5.11 Å². The quantitative estimate of drug-likeness (QED) is 0.808. The maximum atomic E-state index is 9.36. The van der Waals surface area contributed by atoms with Crippen LogP contribution in [0.2, 0.25) is 5.02 Å². The average Bonchev–Trinajstić information content (AvgIpc) is 2.56. The summed E-state index contributed by atoms with van der Waals surface area (Å²) in [6.07, 6.45) is 0.760. The highest BCUT2D eigenvalue weighted by Crippen LogP contribution is 2.15. The SMILES string of the molecule is O[C@H]1CCN(Cc2ccc(Cl)cc2)C1. The molecule has 0 amide bonds. The highest BCUT2D eigenvalue weighted by molar-refractivity contribution is 6.30. The van der Waals surface area contributed by atoms with Gasteiger partial charge in [-0.15, -0.1) is 0 Å². The van der Waals surface area contributed by atoms with Crippen LogP contribution in [-0.2, 0) is 6.54 Å². The summed E-state index contributed by atoms with van der Waals surface area (Å²) in [6.45, 7) is 2.70. The predicted octanol–water partition coefficient (Wildman–Crippen LogP) is 1.91. The van der Waals surface area contributed by atoms with Crippen molar-refractivity contribution in [2.45, 2.75) is 19.1 Å². The van der Waals surface area contributed by atoms with Crippen LogP contribution in [0.1, 0.15) is 12.0 Å². The summed E-state index contributed by atoms with van der Waals surface area (Å²) in [6, 6.07) is 7.88. The number of aliphatic hydroxyl groups excluding tert-OH is 1. The normalized spacial score (nSPS) is 22.9. The van der Waals surface area contributed by atoms with Crippen molar-refractivity contribution in [3.63, 3.8) is 0 Å². The van der Waals surface area contributed by atoms with Crippen LogP contribution in [0.4, 0.5) is 0 Å². The van der Waals surface area contributed by atoms with Crippen LogP contribution in [0, 0.1) is 0 Å². The van der Waals surface area contributed by atoms with Gasteiger partial charge in [0.25, 0.3) is 0 Å². The van der Waals surface area contributed by atoms with Gasteiger partial charge in [-0.1, -0.05) is 23.7 Å². The number of likely N-dealkylation sites (tertiary alicyclic amines) is 1. The van der Waals surface area contributed by atoms with Crippen LogP contribution in [0.15, 0.2) is 24.3 Å². The first-order chi connectivity index (χ1) is 6.74. The highest BCUT2D eigenvalue weighted by atomic mass is 35.5. The van der Waals surface area contributed by atoms with Crippen molar-refractivity contribution in [2.24, 2.45) is 0 Å². The lowest BCUT2D eigenvalue weighted by Gasteiger charge is -2.14. The molecule has 0 aromatic heterocycles. The summed E-state index contributed by atoms with van der Waals surface area (Å²) in [5.41, 5.74) is 1.25. The molecule has 1 fully saturated rings. The van der Waals surface area contributed by atoms with Gasteiger partial charge in [-0.25, -0.2) is 0 Å². The lowest BCUT2D eigenvalue weighted by Crippen LogP contribution is -2.21. The molecular weight excluding hydrogens is 198 g/mol. The fourth-order valence-electron chi connectivity index (χ4n) is 1.80. The molecule has 0 saturated carbocycles. The summed E-state index contributed by atoms with van der Waals surface area (Å²) < 4.78 is 0. The maximum Gasteiger partial charge on any atom is 0.0679 e. The van der Waals surface area contributed by atoms with Gasteiger partial charge in [-0.05, 0) is 24.1 Å². The minimum absolute atomic E-state index is 0.137. The van der Waals surface area contributed by atoms with Crippen molar-refractivity contribution >= 4 is 11.6 Å². The third-order valence-electron chi connectivity index (χ3n) is 2.57. The molecular formula is C11H14ClNO. The van der Waals surface area contributed by atoms with Gasteiger partial charge >= 0.3 is 0 Å². The molecule has 0 unspecified atom stereocenters. The summed E-state index contributed by atoms with van der Waals surface area (Å²) in [7, 11) is 0. The Labute approximate surface area is 89.1 Å². The second-order valence-electron chi connectivity index (χ2n) is 3.80. The molecule has 1 aliphatic heterocycles. The molecule has 1 aliphatic rings. The summed E-state index contributed by atoms with van der Waals surface area (Å²) >= 11 is 5.80. The van der Waals surface area contributed by atoms with E-state index in [1.807, 2.05) is 24.3 Å². The Morgan fingerprint density at radius 1 is 1.36 bits per heavy atom. The number of β-amino-alcohol motifs (C(OH)–C–C–N with tert-alkyl or cyclic N) is 1. The van der Waals surface area contributed by atoms with Crippen molar-refractivity contribution in [3.8, 4) is 0 Å². The minimum atomic E-state index is -0.137. The Morgan fingerprint density at radius 3 is 2.64 bits per heavy atom. The van der Waals surface area contributed by atoms with Crippen LogP contribution in [-0.4, -0.2) is 29.2 Å². The number of rotatable bonds is 2. The molecule has 0 radical (unpaired) electrons. The van der Waals surface area contributed by atoms with E-state index in [1.54, 1.807) is 0 Å². The van der Waals surface area contributed by atoms with Gasteiger partial charge in [0, 0.05) is 24.7 Å². The zero-order valence-corrected chi connectivity index (χ0v) is 8.74. The number of nitrogens with zero attached hydrogens (tertiary/aromatic N) is 1. The van der Waals surface area contributed by atoms with Crippen molar-refractivity contribution in [1.29, 1.82) is 0 Å². The average molecular weight is 212 g/mol. The number of halogens is 1. The first kappa shape index (κ1) is 9.97. The van der Waals surface area contributed by atoms with Crippen LogP contribution < -0.4 is 0 Å². The molecule has 1 N–H and O–H groups in total. The molecule has 1 aromatic carbocycles. The van der Waals surface area contributed by atoms with Gasteiger partial charge in [-0.2, -0.15) is 0 Å². The van der Waals surface area contributed by atoms with E-state index in [1.165, 1.54) is 5.56 Å². The van der Waals surface area contributed by atoms with Crippen LogP contribution in [0.25, 0.3) is 0 Å². The third-order valence-corrected chi connectivity index (χ3v) is 2.82. The van der Waals surface area contributed by atoms with Crippen molar-refractivity contribution in [1.82, 2.24) is 4.90 Å². The van der Waals surface area contributed by atoms with E-state index in [4.69, 9.17) is 11.6 Å². The Balaban J connectivity index is 1.94. The monoisotopic (exact) mass is 211 g/mol. The molecule has 76 valence electrons. The summed E-state index contributed by atoms with van der Waals surface area (Å²) in [4.78, 5) is 2.26. The Morgan fingerprint density at radius 2 is 2.07 bits per heavy atom. The second-order valence-corrected chi connectivity index (χ2v) is 4.24. The number of benzene rings is 1. The van der Waals surface area contributed by atoms with Crippen molar-refractivity contribution in [3.05, 3.63) is 34.9 Å². The van der Waals surface area contributed by atoms with Gasteiger partial charge in [0.05, 0.1) is 6.10 Å². The van der Waals surface area contributed by atoms with Gasteiger partial charge in [0.2, 0.25) is 0 Å². The molecule has 14 heavy (non-hydrogen) atoms. The Bertz CT molecular complexity index is 299. The number of hydrogen-bond acceptors (Lipinski definition) is 2. The molecule has 2 rings (SSSR count). The van der Waals surface area contributed by atoms with Gasteiger partial charge in [0.1, 0.15) is 0 Å². The molecule has 0 spiro atoms. The molecule has 2 nitrogen and oxygen atoms in total. The Hall–Kier alpha value is -0.570. The molecule has 0 aliphatic carbocycles. The molecule has 1 atom stereocenters. The molecule has 1 saturated heterocycles. The van der Waals surface area contributed by atoms with E-state index in [0.717, 1.165) is 31.1 Å². The smallest absolute Gasteiger partial charge is 0.0679 e. The number of aliphatic hydroxyl groups is 1. The standard InChI is InChI=1S/C11H14ClNO/c12-10-3-1-9(2-4-10)7-13-6-5-11(14)8-13/h1-4,11,14H,5-8H2/t11-/m0/s1. The van der Waals surface area contributed by atoms with E-state index in [-0.39, 0.29) is 6.10 Å². The predicted molar refractivity (Wildman–Crippen MR) is 57.4 cm³/mol. The topological polar surface area (TPSA) is 23.5 Å². The fraction of sp³-hybridized carbons (Fsp3) is 0.455. The highest BCUT2D eigenvalue weighted by Gasteiger charge is 2.19. The number of hydrogen-bond donors (Lipinski definition) is 1. The lowest BCUT2D eigenvalue weighted by atomic mass is 10.2. The molecule has 1 heterocycles. The molecule has 3 heteroatoms. The minimum Gasteiger partial charge on any atom is -0.392 e. The zero-order valence-electron chi connectivity index (χ0n) is 7.99. The van der Waals surface area contributed by atoms with Crippen LogP contribution in [0.5, 0.6) is 0 Å². The van der Waals surface area contributed by atoms with Gasteiger partial charge in [0.15, 0.2) is 0 Å². The second kappa shape index (κ2) is 4.30. The van der Waals surface area contributed by atoms with E-state index in [2.05, 4.69) is 4.90 Å². The first-order valence-electron chi connectivity index (χ1n) is 4.89. The van der Waals surface area contributed by atoms with Gasteiger partial charge < -0.3 is 5.11 Å². The zero-order chi connectivity index (χ0) is 9.97. The molecule has 1 aromatic rings. The van der Waals surface area contributed by atoms with Crippen LogP contribution >= 0.6 is 11.6 Å². The van der Waals surface area contributed by atoms with Crippen molar-refractivity contribution in [2.75, 3.05) is 13.1 Å². The summed E-state index contributed by atoms with van der Waals surface area (Å²) in [5, 5.41) is 10.1. The van der Waals surface area contributed by atoms with E-state index < -0.39 is 0 Å². The maximum absolute atomic E-state index is 9.36. The first-order valence-corrected chi connectivity index (χ1v) is 5.27. The van der Waals surface area contributed by atoms with Crippen molar-refractivity contribution < 1.29 is 5.11 Å². The lowest BCUT2D eigenvalue weighted by molar-refractivity contribution is 0.175. The van der Waals surface area contributed by atoms with Gasteiger partial charge in [-0.3, -0.25) is 4.90 Å². The third kappa shape index (κ3) is 2.47. The van der Waals surface area contributed by atoms with E-state index >= 15 is 0 Å². The fourth-order valence-corrected chi connectivity index (χ4v) is 1.93. The van der Waals surface area contributed by atoms with Crippen LogP contribution in [0.3, 0.4) is 0 Å². The largest absolute Gasteiger partial charge is 0.392 e. The molecule has 0 bridgehead atoms. The summed E-state index contributed by atoms with van der Waals surface area (Å²) in [5.74, 6) is 0.